The number of benzene rings is 1. The number of carbonyl (C=O) groups excluding carboxylic acids is 1. The fraction of sp³-hybridized carbons (Fsp3) is 0.588. The van der Waals surface area contributed by atoms with E-state index in [1.807, 2.05) is 0 Å². The molecule has 0 spiro atoms. The van der Waals surface area contributed by atoms with Crippen LogP contribution in [0.5, 0.6) is 0 Å². The van der Waals surface area contributed by atoms with Crippen molar-refractivity contribution in [2.75, 3.05) is 45.8 Å². The van der Waals surface area contributed by atoms with E-state index in [2.05, 4.69) is 4.90 Å². The van der Waals surface area contributed by atoms with Gasteiger partial charge in [-0.1, -0.05) is 6.42 Å². The topological polar surface area (TPSA) is 60.9 Å². The second-order valence-corrected chi connectivity index (χ2v) is 8.64. The molecule has 3 rings (SSSR count). The summed E-state index contributed by atoms with van der Waals surface area (Å²) in [7, 11) is -3.90. The number of halogens is 2. The van der Waals surface area contributed by atoms with Crippen LogP contribution in [0.4, 0.5) is 8.78 Å². The van der Waals surface area contributed by atoms with E-state index in [4.69, 9.17) is 0 Å². The Kier molecular flexibility index (Phi) is 5.89. The molecular weight excluding hydrogens is 364 g/mol. The van der Waals surface area contributed by atoms with Crippen molar-refractivity contribution in [3.05, 3.63) is 29.8 Å². The van der Waals surface area contributed by atoms with Gasteiger partial charge in [0.25, 0.3) is 0 Å². The summed E-state index contributed by atoms with van der Waals surface area (Å²) in [6.07, 6.45) is 3.41. The zero-order chi connectivity index (χ0) is 18.7. The Hall–Kier alpha value is -1.58. The molecule has 0 N–H and O–H groups in total. The van der Waals surface area contributed by atoms with E-state index in [1.54, 1.807) is 4.90 Å². The summed E-state index contributed by atoms with van der Waals surface area (Å²) in [5, 5.41) is 0. The lowest BCUT2D eigenvalue weighted by molar-refractivity contribution is -0.133. The Balaban J connectivity index is 1.58. The number of amides is 1. The van der Waals surface area contributed by atoms with Crippen LogP contribution < -0.4 is 0 Å². The van der Waals surface area contributed by atoms with Gasteiger partial charge in [-0.2, -0.15) is 4.31 Å². The average Bonchev–Trinajstić information content (AvgIpc) is 2.65. The fourth-order valence-corrected chi connectivity index (χ4v) is 4.81. The van der Waals surface area contributed by atoms with Crippen LogP contribution in [0.3, 0.4) is 0 Å². The maximum atomic E-state index is 13.4. The van der Waals surface area contributed by atoms with Crippen molar-refractivity contribution >= 4 is 15.9 Å². The highest BCUT2D eigenvalue weighted by atomic mass is 32.2. The first-order valence-corrected chi connectivity index (χ1v) is 10.3. The van der Waals surface area contributed by atoms with Gasteiger partial charge in [-0.25, -0.2) is 17.2 Å². The molecule has 144 valence electrons. The minimum absolute atomic E-state index is 0.0109. The number of likely N-dealkylation sites (tertiary alicyclic amines) is 1. The van der Waals surface area contributed by atoms with E-state index in [9.17, 15) is 22.0 Å². The summed E-state index contributed by atoms with van der Waals surface area (Å²) in [6, 6.07) is 2.56. The Labute approximate surface area is 152 Å². The molecule has 2 aliphatic heterocycles. The third-order valence-electron chi connectivity index (χ3n) is 4.93. The summed E-state index contributed by atoms with van der Waals surface area (Å²) in [6.45, 7) is 3.12. The smallest absolute Gasteiger partial charge is 0.243 e. The number of carbonyl (C=O) groups is 1. The predicted octanol–water partition coefficient (Wildman–Crippen LogP) is 1.28. The van der Waals surface area contributed by atoms with Crippen molar-refractivity contribution in [2.24, 2.45) is 0 Å². The summed E-state index contributed by atoms with van der Waals surface area (Å²) >= 11 is 0. The maximum absolute atomic E-state index is 13.4. The van der Waals surface area contributed by atoms with Crippen molar-refractivity contribution in [2.45, 2.75) is 24.2 Å². The van der Waals surface area contributed by atoms with E-state index in [0.29, 0.717) is 25.7 Å². The minimum Gasteiger partial charge on any atom is -0.339 e. The molecule has 2 aliphatic rings. The Morgan fingerprint density at radius 2 is 1.58 bits per heavy atom. The van der Waals surface area contributed by atoms with Crippen molar-refractivity contribution in [3.8, 4) is 0 Å². The number of piperazine rings is 1. The number of hydrogen-bond acceptors (Lipinski definition) is 4. The van der Waals surface area contributed by atoms with Gasteiger partial charge in [-0.05, 0) is 44.1 Å². The molecule has 0 atom stereocenters. The van der Waals surface area contributed by atoms with Crippen molar-refractivity contribution in [3.63, 3.8) is 0 Å². The molecule has 2 heterocycles. The van der Waals surface area contributed by atoms with Crippen LogP contribution in [0.1, 0.15) is 19.3 Å². The van der Waals surface area contributed by atoms with Gasteiger partial charge in [-0.15, -0.1) is 0 Å². The molecule has 1 amide bonds. The van der Waals surface area contributed by atoms with Crippen LogP contribution in [0.2, 0.25) is 0 Å². The first-order chi connectivity index (χ1) is 12.4. The van der Waals surface area contributed by atoms with Crippen LogP contribution in [0.25, 0.3) is 0 Å². The summed E-state index contributed by atoms with van der Waals surface area (Å²) < 4.78 is 52.7. The van der Waals surface area contributed by atoms with Crippen LogP contribution >= 0.6 is 0 Å². The van der Waals surface area contributed by atoms with Gasteiger partial charge in [0.15, 0.2) is 11.6 Å². The van der Waals surface area contributed by atoms with Gasteiger partial charge < -0.3 is 4.90 Å². The Morgan fingerprint density at radius 1 is 0.923 bits per heavy atom. The van der Waals surface area contributed by atoms with Gasteiger partial charge in [0.05, 0.1) is 11.4 Å². The SMILES string of the molecule is O=C(CN1CCCCC1)N1CCN(S(=O)(=O)c2ccc(F)c(F)c2)CC1. The molecular formula is C17H23F2N3O3S. The van der Waals surface area contributed by atoms with Gasteiger partial charge in [0.2, 0.25) is 15.9 Å². The molecule has 2 saturated heterocycles. The molecule has 0 unspecified atom stereocenters. The normalized spacial score (nSPS) is 20.3. The first kappa shape index (κ1) is 19.2. The van der Waals surface area contributed by atoms with Crippen LogP contribution in [0, 0.1) is 11.6 Å². The van der Waals surface area contributed by atoms with Crippen LogP contribution in [-0.4, -0.2) is 74.2 Å². The largest absolute Gasteiger partial charge is 0.339 e. The fourth-order valence-electron chi connectivity index (χ4n) is 3.37. The number of hydrogen-bond donors (Lipinski definition) is 0. The second-order valence-electron chi connectivity index (χ2n) is 6.70. The second kappa shape index (κ2) is 7.98. The first-order valence-electron chi connectivity index (χ1n) is 8.83. The van der Waals surface area contributed by atoms with E-state index < -0.39 is 21.7 Å². The Bertz CT molecular complexity index is 759. The molecule has 2 fully saturated rings. The van der Waals surface area contributed by atoms with E-state index in [-0.39, 0.29) is 23.9 Å². The molecule has 6 nitrogen and oxygen atoms in total. The zero-order valence-corrected chi connectivity index (χ0v) is 15.4. The predicted molar refractivity (Wildman–Crippen MR) is 92.0 cm³/mol. The minimum atomic E-state index is -3.90. The Morgan fingerprint density at radius 3 is 2.19 bits per heavy atom. The van der Waals surface area contributed by atoms with Crippen LogP contribution in [-0.2, 0) is 14.8 Å². The highest BCUT2D eigenvalue weighted by Gasteiger charge is 2.31. The summed E-state index contributed by atoms with van der Waals surface area (Å²) in [5.41, 5.74) is 0. The highest BCUT2D eigenvalue weighted by Crippen LogP contribution is 2.20. The summed E-state index contributed by atoms with van der Waals surface area (Å²) in [4.78, 5) is 15.9. The molecule has 0 bridgehead atoms. The lowest BCUT2D eigenvalue weighted by atomic mass is 10.1. The van der Waals surface area contributed by atoms with Crippen molar-refractivity contribution in [1.29, 1.82) is 0 Å². The number of sulfonamides is 1. The molecule has 0 aromatic heterocycles. The quantitative estimate of drug-likeness (QED) is 0.781. The standard InChI is InChI=1S/C17H23F2N3O3S/c18-15-5-4-14(12-16(15)19)26(24,25)22-10-8-21(9-11-22)17(23)13-20-6-2-1-3-7-20/h4-5,12H,1-3,6-11,13H2. The molecule has 0 saturated carbocycles. The molecule has 26 heavy (non-hydrogen) atoms. The lowest BCUT2D eigenvalue weighted by Gasteiger charge is -2.35. The number of piperidine rings is 1. The highest BCUT2D eigenvalue weighted by molar-refractivity contribution is 7.89. The van der Waals surface area contributed by atoms with E-state index in [1.165, 1.54) is 10.7 Å². The van der Waals surface area contributed by atoms with Crippen LogP contribution in [0.15, 0.2) is 23.1 Å². The maximum Gasteiger partial charge on any atom is 0.243 e. The monoisotopic (exact) mass is 387 g/mol. The van der Waals surface area contributed by atoms with E-state index in [0.717, 1.165) is 38.1 Å². The molecule has 1 aromatic carbocycles. The van der Waals surface area contributed by atoms with Crippen molar-refractivity contribution in [1.82, 2.24) is 14.1 Å². The molecule has 0 radical (unpaired) electrons. The molecule has 9 heteroatoms. The van der Waals surface area contributed by atoms with Crippen molar-refractivity contribution < 1.29 is 22.0 Å². The third kappa shape index (κ3) is 4.21. The number of nitrogens with zero attached hydrogens (tertiary/aromatic N) is 3. The lowest BCUT2D eigenvalue weighted by Crippen LogP contribution is -2.52. The van der Waals surface area contributed by atoms with Gasteiger partial charge in [0.1, 0.15) is 0 Å². The average molecular weight is 387 g/mol. The van der Waals surface area contributed by atoms with Gasteiger partial charge in [-0.3, -0.25) is 9.69 Å². The zero-order valence-electron chi connectivity index (χ0n) is 14.5. The van der Waals surface area contributed by atoms with Gasteiger partial charge >= 0.3 is 0 Å². The number of rotatable bonds is 4. The molecule has 1 aromatic rings. The summed E-state index contributed by atoms with van der Waals surface area (Å²) in [5.74, 6) is -2.27. The third-order valence-corrected chi connectivity index (χ3v) is 6.82. The van der Waals surface area contributed by atoms with Gasteiger partial charge in [0, 0.05) is 26.2 Å². The molecule has 0 aliphatic carbocycles. The van der Waals surface area contributed by atoms with E-state index >= 15 is 0 Å².